The largest absolute Gasteiger partial charge is 0.380 e. The van der Waals surface area contributed by atoms with Crippen molar-refractivity contribution in [1.82, 2.24) is 4.72 Å². The molecule has 1 atom stereocenters. The smallest absolute Gasteiger partial charge is 0.214 e. The molecule has 1 saturated heterocycles. The molecule has 0 aromatic carbocycles. The van der Waals surface area contributed by atoms with Crippen molar-refractivity contribution in [2.45, 2.75) is 12.5 Å². The summed E-state index contributed by atoms with van der Waals surface area (Å²) < 4.78 is 29.0. The van der Waals surface area contributed by atoms with Gasteiger partial charge in [-0.25, -0.2) is 13.1 Å². The van der Waals surface area contributed by atoms with Crippen molar-refractivity contribution in [1.29, 1.82) is 0 Å². The van der Waals surface area contributed by atoms with Gasteiger partial charge in [0.05, 0.1) is 11.9 Å². The van der Waals surface area contributed by atoms with Gasteiger partial charge in [0, 0.05) is 13.7 Å². The highest BCUT2D eigenvalue weighted by Gasteiger charge is 2.23. The van der Waals surface area contributed by atoms with Gasteiger partial charge in [0.2, 0.25) is 10.0 Å². The molecule has 0 spiro atoms. The SMILES string of the molecule is COC1CCNS(=O)(=O)C1. The molecule has 0 radical (unpaired) electrons. The zero-order valence-electron chi connectivity index (χ0n) is 5.83. The Morgan fingerprint density at radius 1 is 1.60 bits per heavy atom. The Morgan fingerprint density at radius 3 is 2.70 bits per heavy atom. The Labute approximate surface area is 60.6 Å². The van der Waals surface area contributed by atoms with Gasteiger partial charge >= 0.3 is 0 Å². The predicted molar refractivity (Wildman–Crippen MR) is 37.2 cm³/mol. The number of hydrogen-bond donors (Lipinski definition) is 1. The van der Waals surface area contributed by atoms with Crippen molar-refractivity contribution in [3.8, 4) is 0 Å². The molecule has 1 rings (SSSR count). The summed E-state index contributed by atoms with van der Waals surface area (Å²) in [4.78, 5) is 0. The predicted octanol–water partition coefficient (Wildman–Crippen LogP) is -0.675. The Morgan fingerprint density at radius 2 is 2.30 bits per heavy atom. The maximum Gasteiger partial charge on any atom is 0.214 e. The van der Waals surface area contributed by atoms with Crippen LogP contribution in [-0.2, 0) is 14.8 Å². The first-order valence-electron chi connectivity index (χ1n) is 3.14. The molecular weight excluding hydrogens is 154 g/mol. The van der Waals surface area contributed by atoms with Gasteiger partial charge in [-0.2, -0.15) is 0 Å². The molecule has 1 N–H and O–H groups in total. The van der Waals surface area contributed by atoms with Crippen LogP contribution in [0, 0.1) is 0 Å². The van der Waals surface area contributed by atoms with Crippen LogP contribution in [0.1, 0.15) is 6.42 Å². The number of methoxy groups -OCH3 is 1. The van der Waals surface area contributed by atoms with E-state index >= 15 is 0 Å². The summed E-state index contributed by atoms with van der Waals surface area (Å²) in [6.07, 6.45) is 0.654. The highest BCUT2D eigenvalue weighted by molar-refractivity contribution is 7.89. The van der Waals surface area contributed by atoms with Crippen molar-refractivity contribution < 1.29 is 13.2 Å². The second kappa shape index (κ2) is 2.86. The van der Waals surface area contributed by atoms with Crippen molar-refractivity contribution in [2.24, 2.45) is 0 Å². The Kier molecular flexibility index (Phi) is 2.28. The van der Waals surface area contributed by atoms with Crippen LogP contribution in [0.5, 0.6) is 0 Å². The molecule has 10 heavy (non-hydrogen) atoms. The van der Waals surface area contributed by atoms with Gasteiger partial charge in [0.1, 0.15) is 0 Å². The van der Waals surface area contributed by atoms with Crippen LogP contribution in [0.4, 0.5) is 0 Å². The van der Waals surface area contributed by atoms with Crippen molar-refractivity contribution in [2.75, 3.05) is 19.4 Å². The highest BCUT2D eigenvalue weighted by Crippen LogP contribution is 2.05. The average molecular weight is 165 g/mol. The van der Waals surface area contributed by atoms with Crippen LogP contribution in [0.2, 0.25) is 0 Å². The molecule has 1 aliphatic rings. The molecule has 0 aliphatic carbocycles. The molecule has 4 nitrogen and oxygen atoms in total. The normalized spacial score (nSPS) is 31.9. The summed E-state index contributed by atoms with van der Waals surface area (Å²) >= 11 is 0. The lowest BCUT2D eigenvalue weighted by atomic mass is 10.3. The van der Waals surface area contributed by atoms with Crippen LogP contribution < -0.4 is 4.72 Å². The van der Waals surface area contributed by atoms with E-state index in [1.54, 1.807) is 0 Å². The molecule has 0 saturated carbocycles. The van der Waals surface area contributed by atoms with E-state index in [-0.39, 0.29) is 11.9 Å². The summed E-state index contributed by atoms with van der Waals surface area (Å²) in [5, 5.41) is 0. The minimum absolute atomic E-state index is 0.101. The average Bonchev–Trinajstić information content (AvgIpc) is 1.86. The third kappa shape index (κ3) is 1.93. The van der Waals surface area contributed by atoms with E-state index in [1.807, 2.05) is 0 Å². The first-order valence-corrected chi connectivity index (χ1v) is 4.79. The van der Waals surface area contributed by atoms with Crippen molar-refractivity contribution >= 4 is 10.0 Å². The molecule has 60 valence electrons. The second-order valence-electron chi connectivity index (χ2n) is 2.32. The van der Waals surface area contributed by atoms with Crippen LogP contribution in [-0.4, -0.2) is 33.9 Å². The standard InChI is InChI=1S/C5H11NO3S/c1-9-5-2-3-6-10(7,8)4-5/h5-6H,2-4H2,1H3. The summed E-state index contributed by atoms with van der Waals surface area (Å²) in [6, 6.07) is 0. The van der Waals surface area contributed by atoms with E-state index in [2.05, 4.69) is 4.72 Å². The van der Waals surface area contributed by atoms with E-state index in [1.165, 1.54) is 7.11 Å². The zero-order valence-corrected chi connectivity index (χ0v) is 6.65. The fraction of sp³-hybridized carbons (Fsp3) is 1.00. The monoisotopic (exact) mass is 165 g/mol. The molecule has 1 fully saturated rings. The summed E-state index contributed by atoms with van der Waals surface area (Å²) in [5.74, 6) is 0.101. The van der Waals surface area contributed by atoms with E-state index < -0.39 is 10.0 Å². The Hall–Kier alpha value is -0.130. The van der Waals surface area contributed by atoms with Gasteiger partial charge in [0.25, 0.3) is 0 Å². The van der Waals surface area contributed by atoms with Gasteiger partial charge in [-0.05, 0) is 6.42 Å². The van der Waals surface area contributed by atoms with E-state index in [9.17, 15) is 8.42 Å². The zero-order chi connectivity index (χ0) is 7.61. The number of ether oxygens (including phenoxy) is 1. The molecule has 1 unspecified atom stereocenters. The van der Waals surface area contributed by atoms with Crippen LogP contribution in [0.3, 0.4) is 0 Å². The lowest BCUT2D eigenvalue weighted by Crippen LogP contribution is -2.40. The second-order valence-corrected chi connectivity index (χ2v) is 4.17. The highest BCUT2D eigenvalue weighted by atomic mass is 32.2. The Bertz CT molecular complexity index is 199. The Balaban J connectivity index is 2.56. The van der Waals surface area contributed by atoms with Gasteiger partial charge in [-0.1, -0.05) is 0 Å². The van der Waals surface area contributed by atoms with Crippen molar-refractivity contribution in [3.05, 3.63) is 0 Å². The summed E-state index contributed by atoms with van der Waals surface area (Å²) in [7, 11) is -1.49. The number of rotatable bonds is 1. The molecule has 1 aliphatic heterocycles. The van der Waals surface area contributed by atoms with Gasteiger partial charge in [0.15, 0.2) is 0 Å². The molecule has 5 heteroatoms. The number of sulfonamides is 1. The quantitative estimate of drug-likeness (QED) is 0.560. The van der Waals surface area contributed by atoms with Gasteiger partial charge < -0.3 is 4.74 Å². The van der Waals surface area contributed by atoms with Gasteiger partial charge in [-0.3, -0.25) is 0 Å². The van der Waals surface area contributed by atoms with Gasteiger partial charge in [-0.15, -0.1) is 0 Å². The van der Waals surface area contributed by atoms with E-state index in [4.69, 9.17) is 4.74 Å². The molecule has 0 amide bonds. The molecular formula is C5H11NO3S. The first kappa shape index (κ1) is 7.97. The fourth-order valence-corrected chi connectivity index (χ4v) is 2.29. The summed E-state index contributed by atoms with van der Waals surface area (Å²) in [6.45, 7) is 0.501. The molecule has 0 bridgehead atoms. The third-order valence-electron chi connectivity index (χ3n) is 1.53. The number of hydrogen-bond acceptors (Lipinski definition) is 3. The fourth-order valence-electron chi connectivity index (χ4n) is 0.948. The minimum Gasteiger partial charge on any atom is -0.380 e. The minimum atomic E-state index is -3.02. The maximum absolute atomic E-state index is 10.8. The molecule has 0 aromatic heterocycles. The van der Waals surface area contributed by atoms with Crippen LogP contribution >= 0.6 is 0 Å². The lowest BCUT2D eigenvalue weighted by molar-refractivity contribution is 0.110. The molecule has 1 heterocycles. The van der Waals surface area contributed by atoms with E-state index in [0.717, 1.165) is 6.42 Å². The van der Waals surface area contributed by atoms with Crippen LogP contribution in [0.15, 0.2) is 0 Å². The first-order chi connectivity index (χ1) is 4.64. The molecule has 0 aromatic rings. The van der Waals surface area contributed by atoms with E-state index in [0.29, 0.717) is 6.54 Å². The maximum atomic E-state index is 10.8. The summed E-state index contributed by atoms with van der Waals surface area (Å²) in [5.41, 5.74) is 0. The lowest BCUT2D eigenvalue weighted by Gasteiger charge is -2.20. The van der Waals surface area contributed by atoms with Crippen LogP contribution in [0.25, 0.3) is 0 Å². The third-order valence-corrected chi connectivity index (χ3v) is 2.98. The van der Waals surface area contributed by atoms with Crippen molar-refractivity contribution in [3.63, 3.8) is 0 Å². The topological polar surface area (TPSA) is 55.4 Å². The number of nitrogens with one attached hydrogen (secondary N) is 1.